The Morgan fingerprint density at radius 2 is 2.29 bits per heavy atom. The number of hydrogen-bond donors (Lipinski definition) is 1. The van der Waals surface area contributed by atoms with Crippen LogP contribution >= 0.6 is 0 Å². The largest absolute Gasteiger partial charge is 0.303 e. The third-order valence-corrected chi connectivity index (χ3v) is 3.75. The molecule has 3 rings (SSSR count). The molecular formula is C15H15N3O3. The van der Waals surface area contributed by atoms with E-state index in [0.717, 1.165) is 23.2 Å². The Morgan fingerprint density at radius 3 is 3.05 bits per heavy atom. The van der Waals surface area contributed by atoms with E-state index in [0.29, 0.717) is 25.7 Å². The van der Waals surface area contributed by atoms with Crippen LogP contribution in [0, 0.1) is 0 Å². The highest BCUT2D eigenvalue weighted by molar-refractivity contribution is 6.00. The number of piperidine rings is 1. The standard InChI is InChI=1S/C15H15N3O3/c19-7-1-2-10-5-6-18-12(9-16-13(18)8-10)11-3-4-14(20)17-15(11)21/h5-9,11H,1-4H2,(H,17,20,21). The van der Waals surface area contributed by atoms with Crippen LogP contribution < -0.4 is 5.32 Å². The summed E-state index contributed by atoms with van der Waals surface area (Å²) in [6, 6.07) is 3.84. The molecule has 2 aromatic heterocycles. The predicted molar refractivity (Wildman–Crippen MR) is 74.7 cm³/mol. The third-order valence-electron chi connectivity index (χ3n) is 3.75. The van der Waals surface area contributed by atoms with Crippen molar-refractivity contribution < 1.29 is 14.4 Å². The topological polar surface area (TPSA) is 80.5 Å². The maximum atomic E-state index is 11.9. The molecule has 6 nitrogen and oxygen atoms in total. The number of fused-ring (bicyclic) bond motifs is 1. The van der Waals surface area contributed by atoms with Gasteiger partial charge in [-0.25, -0.2) is 4.98 Å². The molecule has 2 aromatic rings. The number of amides is 2. The van der Waals surface area contributed by atoms with Crippen molar-refractivity contribution in [3.8, 4) is 0 Å². The van der Waals surface area contributed by atoms with Crippen LogP contribution in [0.25, 0.3) is 5.65 Å². The number of imide groups is 1. The van der Waals surface area contributed by atoms with Crippen molar-refractivity contribution in [3.05, 3.63) is 35.8 Å². The fourth-order valence-electron chi connectivity index (χ4n) is 2.66. The summed E-state index contributed by atoms with van der Waals surface area (Å²) < 4.78 is 1.87. The first-order valence-corrected chi connectivity index (χ1v) is 6.92. The molecule has 0 radical (unpaired) electrons. The van der Waals surface area contributed by atoms with Crippen LogP contribution in [-0.4, -0.2) is 27.5 Å². The van der Waals surface area contributed by atoms with Crippen LogP contribution in [0.4, 0.5) is 0 Å². The van der Waals surface area contributed by atoms with Gasteiger partial charge in [0.15, 0.2) is 0 Å². The average molecular weight is 285 g/mol. The summed E-state index contributed by atoms with van der Waals surface area (Å²) in [5.41, 5.74) is 2.57. The molecule has 0 aromatic carbocycles. The SMILES string of the molecule is O=CCCc1ccn2c(C3CCC(=O)NC3=O)cnc2c1. The molecule has 1 fully saturated rings. The van der Waals surface area contributed by atoms with E-state index in [-0.39, 0.29) is 17.7 Å². The Labute approximate surface area is 121 Å². The lowest BCUT2D eigenvalue weighted by molar-refractivity contribution is -0.134. The van der Waals surface area contributed by atoms with E-state index in [1.807, 2.05) is 22.7 Å². The lowest BCUT2D eigenvalue weighted by Crippen LogP contribution is -2.39. The van der Waals surface area contributed by atoms with Gasteiger partial charge >= 0.3 is 0 Å². The van der Waals surface area contributed by atoms with Gasteiger partial charge in [0.05, 0.1) is 11.6 Å². The Bertz CT molecular complexity index is 720. The lowest BCUT2D eigenvalue weighted by atomic mass is 9.95. The number of aldehydes is 1. The zero-order valence-electron chi connectivity index (χ0n) is 11.4. The second-order valence-electron chi connectivity index (χ2n) is 5.16. The number of aryl methyl sites for hydroxylation is 1. The van der Waals surface area contributed by atoms with Crippen molar-refractivity contribution in [2.75, 3.05) is 0 Å². The van der Waals surface area contributed by atoms with Gasteiger partial charge in [-0.3, -0.25) is 14.9 Å². The monoisotopic (exact) mass is 285 g/mol. The zero-order chi connectivity index (χ0) is 14.8. The smallest absolute Gasteiger partial charge is 0.235 e. The minimum Gasteiger partial charge on any atom is -0.303 e. The first-order valence-electron chi connectivity index (χ1n) is 6.92. The molecule has 0 saturated carbocycles. The van der Waals surface area contributed by atoms with E-state index in [4.69, 9.17) is 0 Å². The van der Waals surface area contributed by atoms with Gasteiger partial charge in [0.2, 0.25) is 11.8 Å². The minimum atomic E-state index is -0.349. The molecule has 3 heterocycles. The number of nitrogens with one attached hydrogen (secondary N) is 1. The van der Waals surface area contributed by atoms with E-state index in [2.05, 4.69) is 10.3 Å². The fourth-order valence-corrected chi connectivity index (χ4v) is 2.66. The number of carbonyl (C=O) groups excluding carboxylic acids is 3. The molecule has 1 N–H and O–H groups in total. The third kappa shape index (κ3) is 2.56. The number of carbonyl (C=O) groups is 3. The summed E-state index contributed by atoms with van der Waals surface area (Å²) in [6.07, 6.45) is 6.45. The minimum absolute atomic E-state index is 0.221. The van der Waals surface area contributed by atoms with Gasteiger partial charge in [0.25, 0.3) is 0 Å². The van der Waals surface area contributed by atoms with Crippen LogP contribution in [0.2, 0.25) is 0 Å². The second-order valence-corrected chi connectivity index (χ2v) is 5.16. The first-order chi connectivity index (χ1) is 10.2. The molecule has 108 valence electrons. The highest BCUT2D eigenvalue weighted by Gasteiger charge is 2.30. The number of imidazole rings is 1. The van der Waals surface area contributed by atoms with Crippen LogP contribution in [0.15, 0.2) is 24.5 Å². The zero-order valence-corrected chi connectivity index (χ0v) is 11.4. The lowest BCUT2D eigenvalue weighted by Gasteiger charge is -2.20. The van der Waals surface area contributed by atoms with Crippen molar-refractivity contribution in [2.24, 2.45) is 0 Å². The summed E-state index contributed by atoms with van der Waals surface area (Å²) in [5.74, 6) is -0.835. The van der Waals surface area contributed by atoms with Crippen molar-refractivity contribution in [1.29, 1.82) is 0 Å². The molecule has 0 bridgehead atoms. The molecule has 6 heteroatoms. The van der Waals surface area contributed by atoms with Gasteiger partial charge in [-0.2, -0.15) is 0 Å². The number of aromatic nitrogens is 2. The predicted octanol–water partition coefficient (Wildman–Crippen LogP) is 0.986. The number of rotatable bonds is 4. The van der Waals surface area contributed by atoms with Gasteiger partial charge in [0, 0.05) is 25.2 Å². The number of pyridine rings is 1. The molecule has 21 heavy (non-hydrogen) atoms. The Kier molecular flexibility index (Phi) is 3.51. The van der Waals surface area contributed by atoms with E-state index in [9.17, 15) is 14.4 Å². The summed E-state index contributed by atoms with van der Waals surface area (Å²) in [4.78, 5) is 37.9. The average Bonchev–Trinajstić information content (AvgIpc) is 2.88. The van der Waals surface area contributed by atoms with Crippen molar-refractivity contribution in [3.63, 3.8) is 0 Å². The summed E-state index contributed by atoms with van der Waals surface area (Å²) in [7, 11) is 0. The summed E-state index contributed by atoms with van der Waals surface area (Å²) in [6.45, 7) is 0. The first kappa shape index (κ1) is 13.5. The molecule has 0 spiro atoms. The highest BCUT2D eigenvalue weighted by atomic mass is 16.2. The van der Waals surface area contributed by atoms with E-state index >= 15 is 0 Å². The van der Waals surface area contributed by atoms with Crippen molar-refractivity contribution >= 4 is 23.7 Å². The molecule has 1 atom stereocenters. The molecular weight excluding hydrogens is 270 g/mol. The Morgan fingerprint density at radius 1 is 1.43 bits per heavy atom. The van der Waals surface area contributed by atoms with E-state index in [1.54, 1.807) is 6.20 Å². The number of nitrogens with zero attached hydrogens (tertiary/aromatic N) is 2. The molecule has 2 amide bonds. The Hall–Kier alpha value is -2.50. The second kappa shape index (κ2) is 5.47. The molecule has 1 aliphatic rings. The number of hydrogen-bond acceptors (Lipinski definition) is 4. The molecule has 1 saturated heterocycles. The van der Waals surface area contributed by atoms with E-state index in [1.165, 1.54) is 0 Å². The molecule has 1 aliphatic heterocycles. The maximum Gasteiger partial charge on any atom is 0.235 e. The molecule has 1 unspecified atom stereocenters. The summed E-state index contributed by atoms with van der Waals surface area (Å²) >= 11 is 0. The van der Waals surface area contributed by atoms with Gasteiger partial charge in [-0.1, -0.05) is 0 Å². The van der Waals surface area contributed by atoms with Crippen molar-refractivity contribution in [1.82, 2.24) is 14.7 Å². The van der Waals surface area contributed by atoms with Crippen LogP contribution in [0.3, 0.4) is 0 Å². The van der Waals surface area contributed by atoms with Crippen LogP contribution in [-0.2, 0) is 20.8 Å². The van der Waals surface area contributed by atoms with Crippen molar-refractivity contribution in [2.45, 2.75) is 31.6 Å². The van der Waals surface area contributed by atoms with Crippen LogP contribution in [0.1, 0.15) is 36.4 Å². The van der Waals surface area contributed by atoms with Crippen LogP contribution in [0.5, 0.6) is 0 Å². The van der Waals surface area contributed by atoms with Gasteiger partial charge < -0.3 is 9.20 Å². The Balaban J connectivity index is 1.91. The summed E-state index contributed by atoms with van der Waals surface area (Å²) in [5, 5.41) is 2.36. The highest BCUT2D eigenvalue weighted by Crippen LogP contribution is 2.25. The molecule has 0 aliphatic carbocycles. The van der Waals surface area contributed by atoms with E-state index < -0.39 is 0 Å². The van der Waals surface area contributed by atoms with Gasteiger partial charge in [0.1, 0.15) is 11.9 Å². The maximum absolute atomic E-state index is 11.9. The fraction of sp³-hybridized carbons (Fsp3) is 0.333. The normalized spacial score (nSPS) is 18.8. The van der Waals surface area contributed by atoms with Gasteiger partial charge in [-0.05, 0) is 30.5 Å². The van der Waals surface area contributed by atoms with Gasteiger partial charge in [-0.15, -0.1) is 0 Å². The quantitative estimate of drug-likeness (QED) is 0.671.